The molecule has 0 aliphatic carbocycles. The Hall–Kier alpha value is -2.55. The van der Waals surface area contributed by atoms with Gasteiger partial charge >= 0.3 is 12.1 Å². The highest BCUT2D eigenvalue weighted by Gasteiger charge is 2.41. The highest BCUT2D eigenvalue weighted by molar-refractivity contribution is 5.81. The summed E-state index contributed by atoms with van der Waals surface area (Å²) in [5.74, 6) is -1.05. The number of carboxylic acids is 1. The maximum atomic E-state index is 12.3. The van der Waals surface area contributed by atoms with Crippen LogP contribution in [0.3, 0.4) is 0 Å². The zero-order valence-electron chi connectivity index (χ0n) is 14.2. The maximum Gasteiger partial charge on any atom is 0.411 e. The number of likely N-dealkylation sites (tertiary alicyclic amines) is 1. The summed E-state index contributed by atoms with van der Waals surface area (Å²) < 4.78 is 5.32. The molecule has 128 valence electrons. The van der Waals surface area contributed by atoms with Crippen LogP contribution in [-0.4, -0.2) is 40.3 Å². The van der Waals surface area contributed by atoms with Crippen molar-refractivity contribution in [2.24, 2.45) is 5.92 Å². The number of hydrogen-bond acceptors (Lipinski definition) is 4. The minimum atomic E-state index is -1.03. The molecule has 2 atom stereocenters. The van der Waals surface area contributed by atoms with Crippen molar-refractivity contribution in [2.75, 3.05) is 6.54 Å². The summed E-state index contributed by atoms with van der Waals surface area (Å²) in [5, 5.41) is 18.6. The van der Waals surface area contributed by atoms with Gasteiger partial charge in [-0.3, -0.25) is 4.90 Å². The van der Waals surface area contributed by atoms with Gasteiger partial charge in [0, 0.05) is 6.54 Å². The molecule has 1 aromatic rings. The monoisotopic (exact) mass is 330 g/mol. The van der Waals surface area contributed by atoms with E-state index in [9.17, 15) is 20.0 Å². The van der Waals surface area contributed by atoms with Gasteiger partial charge in [0.15, 0.2) is 0 Å². The number of nitrogens with zero attached hydrogens (tertiary/aromatic N) is 2. The first-order valence-corrected chi connectivity index (χ1v) is 7.91. The van der Waals surface area contributed by atoms with Crippen molar-refractivity contribution in [3.05, 3.63) is 35.4 Å². The normalized spacial score (nSPS) is 20.5. The third kappa shape index (κ3) is 4.25. The summed E-state index contributed by atoms with van der Waals surface area (Å²) in [6.07, 6.45) is 0.312. The van der Waals surface area contributed by atoms with E-state index in [2.05, 4.69) is 6.07 Å². The molecule has 0 spiro atoms. The van der Waals surface area contributed by atoms with Crippen LogP contribution in [-0.2, 0) is 16.0 Å². The second kappa shape index (κ2) is 6.91. The third-order valence-corrected chi connectivity index (χ3v) is 3.95. The van der Waals surface area contributed by atoms with Crippen molar-refractivity contribution in [3.63, 3.8) is 0 Å². The highest BCUT2D eigenvalue weighted by atomic mass is 16.6. The predicted molar refractivity (Wildman–Crippen MR) is 87.3 cm³/mol. The SMILES string of the molecule is CC(C)(C)OC(=O)N1C[C@H](Cc2ccccc2C#N)C[C@H]1C(=O)O. The van der Waals surface area contributed by atoms with Crippen molar-refractivity contribution in [1.29, 1.82) is 5.26 Å². The van der Waals surface area contributed by atoms with Crippen molar-refractivity contribution in [1.82, 2.24) is 4.90 Å². The fraction of sp³-hybridized carbons (Fsp3) is 0.500. The summed E-state index contributed by atoms with van der Waals surface area (Å²) in [5.41, 5.74) is 0.784. The molecule has 0 radical (unpaired) electrons. The number of carboxylic acid groups (broad SMARTS) is 1. The molecule has 1 fully saturated rings. The molecule has 2 rings (SSSR count). The summed E-state index contributed by atoms with van der Waals surface area (Å²) in [7, 11) is 0. The summed E-state index contributed by atoms with van der Waals surface area (Å²) in [6, 6.07) is 8.51. The summed E-state index contributed by atoms with van der Waals surface area (Å²) in [6.45, 7) is 5.55. The van der Waals surface area contributed by atoms with Crippen LogP contribution in [0.5, 0.6) is 0 Å². The molecule has 0 aromatic heterocycles. The van der Waals surface area contributed by atoms with Gasteiger partial charge in [0.05, 0.1) is 11.6 Å². The molecule has 6 nitrogen and oxygen atoms in total. The number of rotatable bonds is 3. The van der Waals surface area contributed by atoms with E-state index >= 15 is 0 Å². The Balaban J connectivity index is 2.14. The summed E-state index contributed by atoms with van der Waals surface area (Å²) in [4.78, 5) is 25.1. The topological polar surface area (TPSA) is 90.6 Å². The molecule has 1 aliphatic rings. The Kier molecular flexibility index (Phi) is 5.13. The molecule has 0 saturated carbocycles. The Bertz CT molecular complexity index is 672. The van der Waals surface area contributed by atoms with Crippen LogP contribution in [0, 0.1) is 17.2 Å². The maximum absolute atomic E-state index is 12.3. The lowest BCUT2D eigenvalue weighted by atomic mass is 9.94. The van der Waals surface area contributed by atoms with E-state index < -0.39 is 23.7 Å². The Labute approximate surface area is 141 Å². The average Bonchev–Trinajstić information content (AvgIpc) is 2.90. The van der Waals surface area contributed by atoms with Crippen molar-refractivity contribution in [2.45, 2.75) is 45.3 Å². The van der Waals surface area contributed by atoms with Gasteiger partial charge in [-0.2, -0.15) is 5.26 Å². The second-order valence-corrected chi connectivity index (χ2v) is 7.06. The van der Waals surface area contributed by atoms with Crippen LogP contribution in [0.1, 0.15) is 38.3 Å². The van der Waals surface area contributed by atoms with Crippen LogP contribution >= 0.6 is 0 Å². The first-order chi connectivity index (χ1) is 11.2. The minimum Gasteiger partial charge on any atom is -0.480 e. The van der Waals surface area contributed by atoms with E-state index in [1.54, 1.807) is 32.9 Å². The minimum absolute atomic E-state index is 0.0203. The van der Waals surface area contributed by atoms with Crippen molar-refractivity contribution in [3.8, 4) is 6.07 Å². The van der Waals surface area contributed by atoms with E-state index in [4.69, 9.17) is 4.74 Å². The fourth-order valence-corrected chi connectivity index (χ4v) is 2.95. The van der Waals surface area contributed by atoms with Gasteiger partial charge in [0.2, 0.25) is 0 Å². The molecule has 1 N–H and O–H groups in total. The number of benzene rings is 1. The van der Waals surface area contributed by atoms with Crippen LogP contribution in [0.15, 0.2) is 24.3 Å². The molecule has 6 heteroatoms. The standard InChI is InChI=1S/C18H22N2O4/c1-18(2,3)24-17(23)20-11-12(9-15(20)16(21)22)8-13-6-4-5-7-14(13)10-19/h4-7,12,15H,8-9,11H2,1-3H3,(H,21,22)/t12-,15+/m1/s1. The summed E-state index contributed by atoms with van der Waals surface area (Å²) >= 11 is 0. The number of amides is 1. The van der Waals surface area contributed by atoms with Gasteiger partial charge in [-0.05, 0) is 51.2 Å². The molecule has 24 heavy (non-hydrogen) atoms. The quantitative estimate of drug-likeness (QED) is 0.920. The van der Waals surface area contributed by atoms with E-state index in [0.717, 1.165) is 5.56 Å². The number of hydrogen-bond donors (Lipinski definition) is 1. The zero-order chi connectivity index (χ0) is 17.9. The number of carbonyl (C=O) groups is 2. The Morgan fingerprint density at radius 1 is 1.38 bits per heavy atom. The van der Waals surface area contributed by atoms with Crippen LogP contribution < -0.4 is 0 Å². The van der Waals surface area contributed by atoms with Gasteiger partial charge in [-0.25, -0.2) is 9.59 Å². The molecule has 1 saturated heterocycles. The van der Waals surface area contributed by atoms with E-state index in [1.807, 2.05) is 12.1 Å². The molecule has 1 aromatic carbocycles. The lowest BCUT2D eigenvalue weighted by Crippen LogP contribution is -2.43. The molecule has 1 heterocycles. The van der Waals surface area contributed by atoms with Gasteiger partial charge in [0.1, 0.15) is 11.6 Å². The van der Waals surface area contributed by atoms with Crippen molar-refractivity contribution < 1.29 is 19.4 Å². The van der Waals surface area contributed by atoms with Gasteiger partial charge in [-0.15, -0.1) is 0 Å². The second-order valence-electron chi connectivity index (χ2n) is 7.06. The first kappa shape index (κ1) is 17.8. The van der Waals surface area contributed by atoms with Crippen LogP contribution in [0.2, 0.25) is 0 Å². The number of nitriles is 1. The molecule has 0 unspecified atom stereocenters. The molecular weight excluding hydrogens is 308 g/mol. The van der Waals surface area contributed by atoms with Crippen molar-refractivity contribution >= 4 is 12.1 Å². The molecule has 1 aliphatic heterocycles. The number of carbonyl (C=O) groups excluding carboxylic acids is 1. The lowest BCUT2D eigenvalue weighted by molar-refractivity contribution is -0.142. The van der Waals surface area contributed by atoms with Crippen LogP contribution in [0.25, 0.3) is 0 Å². The fourth-order valence-electron chi connectivity index (χ4n) is 2.95. The highest BCUT2D eigenvalue weighted by Crippen LogP contribution is 2.29. The van der Waals surface area contributed by atoms with Gasteiger partial charge in [0.25, 0.3) is 0 Å². The Morgan fingerprint density at radius 2 is 2.04 bits per heavy atom. The molecule has 0 bridgehead atoms. The molecular formula is C18H22N2O4. The first-order valence-electron chi connectivity index (χ1n) is 7.91. The average molecular weight is 330 g/mol. The number of ether oxygens (including phenoxy) is 1. The largest absolute Gasteiger partial charge is 0.480 e. The number of aliphatic carboxylic acids is 1. The third-order valence-electron chi connectivity index (χ3n) is 3.95. The van der Waals surface area contributed by atoms with Gasteiger partial charge in [-0.1, -0.05) is 18.2 Å². The Morgan fingerprint density at radius 3 is 2.62 bits per heavy atom. The van der Waals surface area contributed by atoms with E-state index in [-0.39, 0.29) is 5.92 Å². The van der Waals surface area contributed by atoms with E-state index in [1.165, 1.54) is 4.90 Å². The van der Waals surface area contributed by atoms with Gasteiger partial charge < -0.3 is 9.84 Å². The van der Waals surface area contributed by atoms with E-state index in [0.29, 0.717) is 24.9 Å². The zero-order valence-corrected chi connectivity index (χ0v) is 14.2. The smallest absolute Gasteiger partial charge is 0.411 e. The lowest BCUT2D eigenvalue weighted by Gasteiger charge is -2.26. The van der Waals surface area contributed by atoms with Crippen LogP contribution in [0.4, 0.5) is 4.79 Å². The molecule has 1 amide bonds. The predicted octanol–water partition coefficient (Wildman–Crippen LogP) is 2.81.